The maximum atomic E-state index is 11.9. The molecule has 0 radical (unpaired) electrons. The van der Waals surface area contributed by atoms with Crippen LogP contribution in [0.15, 0.2) is 30.3 Å². The molecule has 19 heavy (non-hydrogen) atoms. The molecule has 2 unspecified atom stereocenters. The molecule has 2 nitrogen and oxygen atoms in total. The second-order valence-corrected chi connectivity index (χ2v) is 6.35. The normalized spacial score (nSPS) is 25.2. The van der Waals surface area contributed by atoms with Crippen LogP contribution in [0.25, 0.3) is 0 Å². The van der Waals surface area contributed by atoms with Crippen molar-refractivity contribution < 1.29 is 9.53 Å². The van der Waals surface area contributed by atoms with E-state index in [0.29, 0.717) is 24.9 Å². The van der Waals surface area contributed by atoms with Crippen LogP contribution in [0.3, 0.4) is 0 Å². The first kappa shape index (κ1) is 14.1. The Kier molecular flexibility index (Phi) is 4.28. The number of hydrogen-bond donors (Lipinski definition) is 0. The van der Waals surface area contributed by atoms with Gasteiger partial charge in [0.1, 0.15) is 6.61 Å². The Balaban J connectivity index is 1.82. The molecule has 1 fully saturated rings. The number of carbonyl (C=O) groups excluding carboxylic acids is 1. The Morgan fingerprint density at radius 1 is 1.26 bits per heavy atom. The van der Waals surface area contributed by atoms with Gasteiger partial charge in [0.05, 0.1) is 0 Å². The highest BCUT2D eigenvalue weighted by atomic mass is 16.5. The van der Waals surface area contributed by atoms with Crippen LogP contribution in [0.5, 0.6) is 0 Å². The largest absolute Gasteiger partial charge is 0.461 e. The quantitative estimate of drug-likeness (QED) is 0.759. The van der Waals surface area contributed by atoms with Crippen molar-refractivity contribution in [3.8, 4) is 0 Å². The van der Waals surface area contributed by atoms with Crippen molar-refractivity contribution in [3.63, 3.8) is 0 Å². The lowest BCUT2D eigenvalue weighted by Gasteiger charge is -2.30. The van der Waals surface area contributed by atoms with Gasteiger partial charge in [-0.1, -0.05) is 51.1 Å². The summed E-state index contributed by atoms with van der Waals surface area (Å²) in [5.41, 5.74) is 1.31. The van der Waals surface area contributed by atoms with Crippen LogP contribution in [0.1, 0.15) is 45.6 Å². The first-order chi connectivity index (χ1) is 9.00. The minimum atomic E-state index is -0.0592. The Hall–Kier alpha value is -1.31. The lowest BCUT2D eigenvalue weighted by Crippen LogP contribution is -2.26. The first-order valence-corrected chi connectivity index (χ1v) is 7.19. The molecule has 2 rings (SSSR count). The van der Waals surface area contributed by atoms with Crippen LogP contribution in [0.2, 0.25) is 0 Å². The van der Waals surface area contributed by atoms with Gasteiger partial charge in [0, 0.05) is 6.42 Å². The van der Waals surface area contributed by atoms with Crippen LogP contribution >= 0.6 is 0 Å². The van der Waals surface area contributed by atoms with Gasteiger partial charge >= 0.3 is 5.97 Å². The fourth-order valence-corrected chi connectivity index (χ4v) is 2.96. The van der Waals surface area contributed by atoms with Crippen molar-refractivity contribution in [2.75, 3.05) is 0 Å². The summed E-state index contributed by atoms with van der Waals surface area (Å²) in [5, 5.41) is 0. The number of ether oxygens (including phenoxy) is 1. The molecule has 0 bridgehead atoms. The zero-order valence-corrected chi connectivity index (χ0v) is 12.2. The minimum absolute atomic E-state index is 0.0592. The molecule has 1 saturated carbocycles. The third-order valence-corrected chi connectivity index (χ3v) is 4.93. The third-order valence-electron chi connectivity index (χ3n) is 4.93. The van der Waals surface area contributed by atoms with E-state index in [2.05, 4.69) is 20.8 Å². The molecule has 2 heteroatoms. The van der Waals surface area contributed by atoms with Gasteiger partial charge in [0.25, 0.3) is 0 Å². The zero-order chi connectivity index (χ0) is 13.9. The molecular weight excluding hydrogens is 236 g/mol. The van der Waals surface area contributed by atoms with Gasteiger partial charge < -0.3 is 4.74 Å². The molecule has 0 heterocycles. The van der Waals surface area contributed by atoms with Crippen LogP contribution in [0, 0.1) is 17.3 Å². The summed E-state index contributed by atoms with van der Waals surface area (Å²) < 4.78 is 5.38. The second kappa shape index (κ2) is 5.77. The molecule has 1 aliphatic rings. The van der Waals surface area contributed by atoms with Crippen LogP contribution in [-0.4, -0.2) is 5.97 Å². The van der Waals surface area contributed by atoms with E-state index in [-0.39, 0.29) is 11.4 Å². The lowest BCUT2D eigenvalue weighted by molar-refractivity contribution is -0.147. The van der Waals surface area contributed by atoms with E-state index < -0.39 is 0 Å². The van der Waals surface area contributed by atoms with Crippen molar-refractivity contribution in [3.05, 3.63) is 35.9 Å². The molecule has 0 N–H and O–H groups in total. The molecule has 0 aromatic heterocycles. The smallest absolute Gasteiger partial charge is 0.306 e. The summed E-state index contributed by atoms with van der Waals surface area (Å²) in [6.45, 7) is 7.23. The van der Waals surface area contributed by atoms with Crippen LogP contribution in [0.4, 0.5) is 0 Å². The van der Waals surface area contributed by atoms with Crippen molar-refractivity contribution in [1.29, 1.82) is 0 Å². The maximum Gasteiger partial charge on any atom is 0.306 e. The summed E-state index contributed by atoms with van der Waals surface area (Å²) >= 11 is 0. The SMILES string of the molecule is CC1CCC(CC(=O)OCc2ccccc2)C1(C)C. The van der Waals surface area contributed by atoms with Gasteiger partial charge in [0.15, 0.2) is 0 Å². The van der Waals surface area contributed by atoms with E-state index in [1.165, 1.54) is 6.42 Å². The first-order valence-electron chi connectivity index (χ1n) is 7.19. The highest BCUT2D eigenvalue weighted by Crippen LogP contribution is 2.48. The van der Waals surface area contributed by atoms with Gasteiger partial charge in [-0.3, -0.25) is 4.79 Å². The summed E-state index contributed by atoms with van der Waals surface area (Å²) in [7, 11) is 0. The van der Waals surface area contributed by atoms with Gasteiger partial charge in [-0.2, -0.15) is 0 Å². The summed E-state index contributed by atoms with van der Waals surface area (Å²) in [6, 6.07) is 9.85. The molecule has 1 aromatic rings. The maximum absolute atomic E-state index is 11.9. The average Bonchev–Trinajstić information content (AvgIpc) is 2.64. The number of esters is 1. The fraction of sp³-hybridized carbons (Fsp3) is 0.588. The van der Waals surface area contributed by atoms with Crippen molar-refractivity contribution in [2.24, 2.45) is 17.3 Å². The second-order valence-electron chi connectivity index (χ2n) is 6.35. The highest BCUT2D eigenvalue weighted by molar-refractivity contribution is 5.69. The molecule has 0 spiro atoms. The van der Waals surface area contributed by atoms with E-state index in [1.54, 1.807) is 0 Å². The Labute approximate surface area is 116 Å². The fourth-order valence-electron chi connectivity index (χ4n) is 2.96. The van der Waals surface area contributed by atoms with Gasteiger partial charge in [0.2, 0.25) is 0 Å². The molecule has 0 saturated heterocycles. The van der Waals surface area contributed by atoms with E-state index in [1.807, 2.05) is 30.3 Å². The monoisotopic (exact) mass is 260 g/mol. The summed E-state index contributed by atoms with van der Waals surface area (Å²) in [4.78, 5) is 11.9. The van der Waals surface area contributed by atoms with E-state index in [9.17, 15) is 4.79 Å². The van der Waals surface area contributed by atoms with E-state index in [4.69, 9.17) is 4.74 Å². The molecule has 1 aromatic carbocycles. The Morgan fingerprint density at radius 2 is 1.95 bits per heavy atom. The topological polar surface area (TPSA) is 26.3 Å². The van der Waals surface area contributed by atoms with E-state index >= 15 is 0 Å². The Morgan fingerprint density at radius 3 is 2.53 bits per heavy atom. The summed E-state index contributed by atoms with van der Waals surface area (Å²) in [5.74, 6) is 1.10. The van der Waals surface area contributed by atoms with Crippen molar-refractivity contribution in [1.82, 2.24) is 0 Å². The highest BCUT2D eigenvalue weighted by Gasteiger charge is 2.41. The van der Waals surface area contributed by atoms with Crippen LogP contribution in [-0.2, 0) is 16.1 Å². The zero-order valence-electron chi connectivity index (χ0n) is 12.2. The van der Waals surface area contributed by atoms with E-state index in [0.717, 1.165) is 12.0 Å². The Bertz CT molecular complexity index is 422. The van der Waals surface area contributed by atoms with Crippen molar-refractivity contribution in [2.45, 2.75) is 46.6 Å². The average molecular weight is 260 g/mol. The lowest BCUT2D eigenvalue weighted by atomic mass is 9.75. The predicted octanol–water partition coefficient (Wildman–Crippen LogP) is 4.19. The van der Waals surface area contributed by atoms with Crippen molar-refractivity contribution >= 4 is 5.97 Å². The molecular formula is C17H24O2. The van der Waals surface area contributed by atoms with Gasteiger partial charge in [-0.05, 0) is 35.7 Å². The van der Waals surface area contributed by atoms with Gasteiger partial charge in [-0.25, -0.2) is 0 Å². The molecule has 1 aliphatic carbocycles. The number of benzene rings is 1. The predicted molar refractivity (Wildman–Crippen MR) is 76.5 cm³/mol. The molecule has 104 valence electrons. The molecule has 0 amide bonds. The summed E-state index contributed by atoms with van der Waals surface area (Å²) in [6.07, 6.45) is 2.93. The number of rotatable bonds is 4. The molecule has 2 atom stereocenters. The van der Waals surface area contributed by atoms with Gasteiger partial charge in [-0.15, -0.1) is 0 Å². The standard InChI is InChI=1S/C17H24O2/c1-13-9-10-15(17(13,2)3)11-16(18)19-12-14-7-5-4-6-8-14/h4-8,13,15H,9-12H2,1-3H3. The molecule has 0 aliphatic heterocycles. The third kappa shape index (κ3) is 3.37. The number of hydrogen-bond acceptors (Lipinski definition) is 2. The van der Waals surface area contributed by atoms with Crippen LogP contribution < -0.4 is 0 Å². The minimum Gasteiger partial charge on any atom is -0.461 e. The number of carbonyl (C=O) groups is 1.